The van der Waals surface area contributed by atoms with Crippen LogP contribution in [0.2, 0.25) is 0 Å². The molecular formula is C14H12Br3N. The van der Waals surface area contributed by atoms with E-state index in [-0.39, 0.29) is 0 Å². The first-order chi connectivity index (χ1) is 8.56. The van der Waals surface area contributed by atoms with Gasteiger partial charge in [-0.3, -0.25) is 0 Å². The van der Waals surface area contributed by atoms with Gasteiger partial charge < -0.3 is 5.32 Å². The SMILES string of the molecule is Cc1ccc(NCc2ccc(Br)c(Br)c2)c(Br)c1. The van der Waals surface area contributed by atoms with Crippen LogP contribution in [-0.4, -0.2) is 0 Å². The average Bonchev–Trinajstić information content (AvgIpc) is 2.32. The Bertz CT molecular complexity index is 567. The molecule has 2 aromatic carbocycles. The molecule has 0 saturated carbocycles. The molecule has 0 aromatic heterocycles. The first-order valence-electron chi connectivity index (χ1n) is 5.50. The number of nitrogens with one attached hydrogen (secondary N) is 1. The van der Waals surface area contributed by atoms with Gasteiger partial charge >= 0.3 is 0 Å². The van der Waals surface area contributed by atoms with Crippen LogP contribution in [-0.2, 0) is 6.54 Å². The van der Waals surface area contributed by atoms with Crippen molar-refractivity contribution in [2.75, 3.05) is 5.32 Å². The summed E-state index contributed by atoms with van der Waals surface area (Å²) in [4.78, 5) is 0. The summed E-state index contributed by atoms with van der Waals surface area (Å²) in [6.45, 7) is 2.88. The maximum absolute atomic E-state index is 3.57. The minimum Gasteiger partial charge on any atom is -0.380 e. The van der Waals surface area contributed by atoms with Crippen molar-refractivity contribution < 1.29 is 0 Å². The number of hydrogen-bond donors (Lipinski definition) is 1. The Morgan fingerprint density at radius 2 is 1.67 bits per heavy atom. The van der Waals surface area contributed by atoms with Crippen LogP contribution in [0.25, 0.3) is 0 Å². The molecule has 0 heterocycles. The van der Waals surface area contributed by atoms with Gasteiger partial charge in [0, 0.05) is 25.7 Å². The first-order valence-corrected chi connectivity index (χ1v) is 7.88. The van der Waals surface area contributed by atoms with E-state index in [1.54, 1.807) is 0 Å². The Morgan fingerprint density at radius 3 is 2.33 bits per heavy atom. The van der Waals surface area contributed by atoms with Crippen molar-refractivity contribution in [1.82, 2.24) is 0 Å². The number of hydrogen-bond acceptors (Lipinski definition) is 1. The maximum atomic E-state index is 3.57. The fraction of sp³-hybridized carbons (Fsp3) is 0.143. The van der Waals surface area contributed by atoms with E-state index in [1.165, 1.54) is 11.1 Å². The molecule has 0 unspecified atom stereocenters. The van der Waals surface area contributed by atoms with Gasteiger partial charge in [0.05, 0.1) is 0 Å². The second-order valence-electron chi connectivity index (χ2n) is 4.09. The summed E-state index contributed by atoms with van der Waals surface area (Å²) in [6, 6.07) is 12.6. The number of halogens is 3. The summed E-state index contributed by atoms with van der Waals surface area (Å²) in [5, 5.41) is 3.42. The fourth-order valence-corrected chi connectivity index (χ4v) is 2.92. The summed E-state index contributed by atoms with van der Waals surface area (Å²) in [5.41, 5.74) is 3.59. The maximum Gasteiger partial charge on any atom is 0.0487 e. The molecule has 2 rings (SSSR count). The minimum absolute atomic E-state index is 0.799. The van der Waals surface area contributed by atoms with Crippen molar-refractivity contribution in [1.29, 1.82) is 0 Å². The minimum atomic E-state index is 0.799. The van der Waals surface area contributed by atoms with E-state index in [4.69, 9.17) is 0 Å². The Morgan fingerprint density at radius 1 is 0.889 bits per heavy atom. The van der Waals surface area contributed by atoms with Gasteiger partial charge in [0.25, 0.3) is 0 Å². The van der Waals surface area contributed by atoms with Gasteiger partial charge in [-0.15, -0.1) is 0 Å². The summed E-state index contributed by atoms with van der Waals surface area (Å²) >= 11 is 10.6. The molecule has 0 fully saturated rings. The number of anilines is 1. The molecule has 1 N–H and O–H groups in total. The normalized spacial score (nSPS) is 10.4. The van der Waals surface area contributed by atoms with E-state index in [2.05, 4.69) is 90.4 Å². The summed E-state index contributed by atoms with van der Waals surface area (Å²) in [6.07, 6.45) is 0. The molecule has 0 aliphatic carbocycles. The van der Waals surface area contributed by atoms with Gasteiger partial charge in [0.15, 0.2) is 0 Å². The van der Waals surface area contributed by atoms with Crippen LogP contribution in [0.5, 0.6) is 0 Å². The Balaban J connectivity index is 2.09. The Kier molecular flexibility index (Phi) is 4.87. The second-order valence-corrected chi connectivity index (χ2v) is 6.65. The monoisotopic (exact) mass is 431 g/mol. The highest BCUT2D eigenvalue weighted by molar-refractivity contribution is 9.13. The molecule has 0 aliphatic rings. The van der Waals surface area contributed by atoms with Gasteiger partial charge in [-0.25, -0.2) is 0 Å². The number of rotatable bonds is 3. The van der Waals surface area contributed by atoms with Crippen LogP contribution in [0, 0.1) is 6.92 Å². The predicted molar refractivity (Wildman–Crippen MR) is 88.0 cm³/mol. The van der Waals surface area contributed by atoms with Gasteiger partial charge in [0.1, 0.15) is 0 Å². The predicted octanol–water partition coefficient (Wildman–Crippen LogP) is 5.89. The van der Waals surface area contributed by atoms with Gasteiger partial charge in [0.2, 0.25) is 0 Å². The Hall–Kier alpha value is -0.320. The van der Waals surface area contributed by atoms with Gasteiger partial charge in [-0.05, 0) is 90.1 Å². The molecule has 0 bridgehead atoms. The lowest BCUT2D eigenvalue weighted by molar-refractivity contribution is 1.14. The molecular weight excluding hydrogens is 422 g/mol. The van der Waals surface area contributed by atoms with E-state index >= 15 is 0 Å². The summed E-state index contributed by atoms with van der Waals surface area (Å²) in [7, 11) is 0. The van der Waals surface area contributed by atoms with E-state index in [9.17, 15) is 0 Å². The van der Waals surface area contributed by atoms with Crippen LogP contribution < -0.4 is 5.32 Å². The molecule has 1 nitrogen and oxygen atoms in total. The third-order valence-electron chi connectivity index (χ3n) is 2.59. The molecule has 2 aromatic rings. The molecule has 0 radical (unpaired) electrons. The van der Waals surface area contributed by atoms with Gasteiger partial charge in [-0.2, -0.15) is 0 Å². The van der Waals surface area contributed by atoms with Crippen molar-refractivity contribution in [3.8, 4) is 0 Å². The standard InChI is InChI=1S/C14H12Br3N/c1-9-2-5-14(13(17)6-9)18-8-10-3-4-11(15)12(16)7-10/h2-7,18H,8H2,1H3. The highest BCUT2D eigenvalue weighted by atomic mass is 79.9. The summed E-state index contributed by atoms with van der Waals surface area (Å²) in [5.74, 6) is 0. The summed E-state index contributed by atoms with van der Waals surface area (Å²) < 4.78 is 3.24. The lowest BCUT2D eigenvalue weighted by Crippen LogP contribution is -2.00. The van der Waals surface area contributed by atoms with Crippen molar-refractivity contribution in [3.05, 3.63) is 60.9 Å². The van der Waals surface area contributed by atoms with Crippen LogP contribution >= 0.6 is 47.8 Å². The van der Waals surface area contributed by atoms with Crippen molar-refractivity contribution in [2.45, 2.75) is 13.5 Å². The fourth-order valence-electron chi connectivity index (χ4n) is 1.61. The van der Waals surface area contributed by atoms with Crippen LogP contribution in [0.15, 0.2) is 49.8 Å². The van der Waals surface area contributed by atoms with E-state index in [1.807, 2.05) is 6.07 Å². The molecule has 0 atom stereocenters. The highest BCUT2D eigenvalue weighted by Gasteiger charge is 2.01. The number of benzene rings is 2. The zero-order valence-corrected chi connectivity index (χ0v) is 14.6. The number of aryl methyl sites for hydroxylation is 1. The van der Waals surface area contributed by atoms with Crippen LogP contribution in [0.1, 0.15) is 11.1 Å². The quantitative estimate of drug-likeness (QED) is 0.635. The lowest BCUT2D eigenvalue weighted by atomic mass is 10.2. The van der Waals surface area contributed by atoms with Crippen molar-refractivity contribution >= 4 is 53.5 Å². The zero-order chi connectivity index (χ0) is 13.1. The molecule has 4 heteroatoms. The zero-order valence-electron chi connectivity index (χ0n) is 9.81. The highest BCUT2D eigenvalue weighted by Crippen LogP contribution is 2.26. The van der Waals surface area contributed by atoms with Crippen LogP contribution in [0.4, 0.5) is 5.69 Å². The van der Waals surface area contributed by atoms with Gasteiger partial charge in [-0.1, -0.05) is 12.1 Å². The van der Waals surface area contributed by atoms with E-state index in [0.717, 1.165) is 25.7 Å². The average molecular weight is 434 g/mol. The lowest BCUT2D eigenvalue weighted by Gasteiger charge is -2.10. The third-order valence-corrected chi connectivity index (χ3v) is 5.13. The molecule has 0 amide bonds. The third kappa shape index (κ3) is 3.59. The van der Waals surface area contributed by atoms with Crippen LogP contribution in [0.3, 0.4) is 0 Å². The second kappa shape index (κ2) is 6.22. The largest absolute Gasteiger partial charge is 0.380 e. The first kappa shape index (κ1) is 14.1. The molecule has 0 spiro atoms. The van der Waals surface area contributed by atoms with Crippen molar-refractivity contribution in [3.63, 3.8) is 0 Å². The molecule has 18 heavy (non-hydrogen) atoms. The Labute approximate surface area is 132 Å². The van der Waals surface area contributed by atoms with E-state index < -0.39 is 0 Å². The van der Waals surface area contributed by atoms with Crippen molar-refractivity contribution in [2.24, 2.45) is 0 Å². The topological polar surface area (TPSA) is 12.0 Å². The van der Waals surface area contributed by atoms with E-state index in [0.29, 0.717) is 0 Å². The smallest absolute Gasteiger partial charge is 0.0487 e. The molecule has 94 valence electrons. The molecule has 0 saturated heterocycles. The molecule has 0 aliphatic heterocycles.